The van der Waals surface area contributed by atoms with E-state index in [1.54, 1.807) is 32.4 Å². The summed E-state index contributed by atoms with van der Waals surface area (Å²) in [5.41, 5.74) is 2.54. The SMILES string of the molecule is COc1cc(NC(=O)Nc2c(C)nc(N3CCOCC3)nc2C)cc(OC)c1. The third kappa shape index (κ3) is 4.61. The molecule has 0 spiro atoms. The Morgan fingerprint density at radius 3 is 2.11 bits per heavy atom. The zero-order chi connectivity index (χ0) is 20.1. The van der Waals surface area contributed by atoms with E-state index >= 15 is 0 Å². The number of aromatic nitrogens is 2. The predicted molar refractivity (Wildman–Crippen MR) is 107 cm³/mol. The highest BCUT2D eigenvalue weighted by molar-refractivity contribution is 6.00. The first-order valence-electron chi connectivity index (χ1n) is 8.99. The van der Waals surface area contributed by atoms with Gasteiger partial charge in [-0.25, -0.2) is 14.8 Å². The van der Waals surface area contributed by atoms with Gasteiger partial charge in [-0.1, -0.05) is 0 Å². The predicted octanol–water partition coefficient (Wildman–Crippen LogP) is 2.59. The number of nitrogens with zero attached hydrogens (tertiary/aromatic N) is 3. The summed E-state index contributed by atoms with van der Waals surface area (Å²) in [6.45, 7) is 6.53. The molecule has 1 aromatic carbocycles. The molecule has 9 heteroatoms. The van der Waals surface area contributed by atoms with Gasteiger partial charge in [0.2, 0.25) is 5.95 Å². The lowest BCUT2D eigenvalue weighted by atomic mass is 10.2. The molecule has 0 atom stereocenters. The van der Waals surface area contributed by atoms with Gasteiger partial charge >= 0.3 is 6.03 Å². The standard InChI is InChI=1S/C19H25N5O4/c1-12-17(13(2)21-18(20-12)24-5-7-28-8-6-24)23-19(25)22-14-9-15(26-3)11-16(10-14)27-4/h9-11H,5-8H2,1-4H3,(H2,22,23,25). The zero-order valence-electron chi connectivity index (χ0n) is 16.5. The van der Waals surface area contributed by atoms with Crippen molar-refractivity contribution in [2.45, 2.75) is 13.8 Å². The van der Waals surface area contributed by atoms with Gasteiger partial charge in [0.15, 0.2) is 0 Å². The monoisotopic (exact) mass is 387 g/mol. The Balaban J connectivity index is 1.73. The number of hydrogen-bond donors (Lipinski definition) is 2. The lowest BCUT2D eigenvalue weighted by molar-refractivity contribution is 0.122. The molecular weight excluding hydrogens is 362 g/mol. The Labute approximate surface area is 164 Å². The Kier molecular flexibility index (Phi) is 6.15. The van der Waals surface area contributed by atoms with Crippen LogP contribution in [0, 0.1) is 13.8 Å². The van der Waals surface area contributed by atoms with Gasteiger partial charge in [0.25, 0.3) is 0 Å². The van der Waals surface area contributed by atoms with Crippen LogP contribution < -0.4 is 25.0 Å². The highest BCUT2D eigenvalue weighted by atomic mass is 16.5. The van der Waals surface area contributed by atoms with Crippen molar-refractivity contribution in [2.75, 3.05) is 56.1 Å². The first-order chi connectivity index (χ1) is 13.5. The first-order valence-corrected chi connectivity index (χ1v) is 8.99. The molecule has 150 valence electrons. The summed E-state index contributed by atoms with van der Waals surface area (Å²) in [6, 6.07) is 4.75. The Morgan fingerprint density at radius 1 is 1.00 bits per heavy atom. The third-order valence-corrected chi connectivity index (χ3v) is 4.40. The molecule has 2 heterocycles. The molecule has 1 aliphatic heterocycles. The summed E-state index contributed by atoms with van der Waals surface area (Å²) < 4.78 is 15.8. The van der Waals surface area contributed by atoms with Crippen molar-refractivity contribution in [1.82, 2.24) is 9.97 Å². The van der Waals surface area contributed by atoms with Gasteiger partial charge in [-0.15, -0.1) is 0 Å². The molecule has 0 radical (unpaired) electrons. The molecule has 28 heavy (non-hydrogen) atoms. The maximum absolute atomic E-state index is 12.5. The van der Waals surface area contributed by atoms with Crippen molar-refractivity contribution in [3.05, 3.63) is 29.6 Å². The molecule has 1 fully saturated rings. The van der Waals surface area contributed by atoms with E-state index in [2.05, 4.69) is 25.5 Å². The van der Waals surface area contributed by atoms with Crippen LogP contribution in [-0.2, 0) is 4.74 Å². The summed E-state index contributed by atoms with van der Waals surface area (Å²) in [5.74, 6) is 1.82. The molecule has 1 aromatic heterocycles. The van der Waals surface area contributed by atoms with Gasteiger partial charge in [-0.05, 0) is 13.8 Å². The quantitative estimate of drug-likeness (QED) is 0.814. The number of morpholine rings is 1. The number of aryl methyl sites for hydroxylation is 2. The molecule has 2 amide bonds. The van der Waals surface area contributed by atoms with E-state index in [0.29, 0.717) is 53.4 Å². The molecule has 0 unspecified atom stereocenters. The van der Waals surface area contributed by atoms with E-state index in [4.69, 9.17) is 14.2 Å². The van der Waals surface area contributed by atoms with Gasteiger partial charge in [0.1, 0.15) is 11.5 Å². The van der Waals surface area contributed by atoms with Gasteiger partial charge in [0, 0.05) is 37.0 Å². The van der Waals surface area contributed by atoms with Crippen molar-refractivity contribution in [1.29, 1.82) is 0 Å². The van der Waals surface area contributed by atoms with Crippen LogP contribution in [0.1, 0.15) is 11.4 Å². The molecule has 0 bridgehead atoms. The number of benzene rings is 1. The first kappa shape index (κ1) is 19.7. The van der Waals surface area contributed by atoms with E-state index in [9.17, 15) is 4.79 Å². The number of hydrogen-bond acceptors (Lipinski definition) is 7. The fourth-order valence-electron chi connectivity index (χ4n) is 2.94. The third-order valence-electron chi connectivity index (χ3n) is 4.40. The average Bonchev–Trinajstić information content (AvgIpc) is 2.70. The minimum atomic E-state index is -0.399. The number of urea groups is 1. The van der Waals surface area contributed by atoms with Crippen LogP contribution in [-0.4, -0.2) is 56.5 Å². The van der Waals surface area contributed by atoms with Crippen molar-refractivity contribution < 1.29 is 19.0 Å². The number of rotatable bonds is 5. The zero-order valence-corrected chi connectivity index (χ0v) is 16.5. The second kappa shape index (κ2) is 8.75. The van der Waals surface area contributed by atoms with Crippen molar-refractivity contribution >= 4 is 23.4 Å². The van der Waals surface area contributed by atoms with Gasteiger partial charge in [-0.3, -0.25) is 0 Å². The number of carbonyl (C=O) groups excluding carboxylic acids is 1. The minimum absolute atomic E-state index is 0.399. The summed E-state index contributed by atoms with van der Waals surface area (Å²) in [6.07, 6.45) is 0. The smallest absolute Gasteiger partial charge is 0.323 e. The van der Waals surface area contributed by atoms with Crippen LogP contribution >= 0.6 is 0 Å². The lowest BCUT2D eigenvalue weighted by Gasteiger charge is -2.27. The maximum atomic E-state index is 12.5. The highest BCUT2D eigenvalue weighted by Gasteiger charge is 2.18. The average molecular weight is 387 g/mol. The molecule has 3 rings (SSSR count). The second-order valence-electron chi connectivity index (χ2n) is 6.35. The van der Waals surface area contributed by atoms with E-state index in [1.165, 1.54) is 0 Å². The van der Waals surface area contributed by atoms with Gasteiger partial charge in [0.05, 0.1) is 44.5 Å². The van der Waals surface area contributed by atoms with E-state index in [0.717, 1.165) is 13.1 Å². The Bertz CT molecular complexity index is 807. The van der Waals surface area contributed by atoms with Crippen LogP contribution in [0.2, 0.25) is 0 Å². The number of nitrogens with one attached hydrogen (secondary N) is 2. The molecule has 0 aliphatic carbocycles. The van der Waals surface area contributed by atoms with Crippen LogP contribution in [0.5, 0.6) is 11.5 Å². The molecule has 2 aromatic rings. The molecule has 1 saturated heterocycles. The molecule has 9 nitrogen and oxygen atoms in total. The van der Waals surface area contributed by atoms with Crippen molar-refractivity contribution in [2.24, 2.45) is 0 Å². The lowest BCUT2D eigenvalue weighted by Crippen LogP contribution is -2.37. The normalized spacial score (nSPS) is 13.8. The number of carbonyl (C=O) groups is 1. The molecular formula is C19H25N5O4. The van der Waals surface area contributed by atoms with Crippen molar-refractivity contribution in [3.8, 4) is 11.5 Å². The van der Waals surface area contributed by atoms with Crippen LogP contribution in [0.3, 0.4) is 0 Å². The molecule has 2 N–H and O–H groups in total. The summed E-state index contributed by atoms with van der Waals surface area (Å²) in [4.78, 5) is 23.7. The number of amides is 2. The van der Waals surface area contributed by atoms with E-state index in [-0.39, 0.29) is 0 Å². The largest absolute Gasteiger partial charge is 0.497 e. The molecule has 1 aliphatic rings. The van der Waals surface area contributed by atoms with E-state index in [1.807, 2.05) is 13.8 Å². The maximum Gasteiger partial charge on any atom is 0.323 e. The highest BCUT2D eigenvalue weighted by Crippen LogP contribution is 2.26. The Hall–Kier alpha value is -3.07. The summed E-state index contributed by atoms with van der Waals surface area (Å²) in [5, 5.41) is 5.61. The van der Waals surface area contributed by atoms with Crippen molar-refractivity contribution in [3.63, 3.8) is 0 Å². The van der Waals surface area contributed by atoms with Crippen LogP contribution in [0.15, 0.2) is 18.2 Å². The minimum Gasteiger partial charge on any atom is -0.497 e. The van der Waals surface area contributed by atoms with Gasteiger partial charge < -0.3 is 29.7 Å². The van der Waals surface area contributed by atoms with Crippen LogP contribution in [0.4, 0.5) is 22.1 Å². The fourth-order valence-corrected chi connectivity index (χ4v) is 2.94. The summed E-state index contributed by atoms with van der Waals surface area (Å²) in [7, 11) is 3.11. The van der Waals surface area contributed by atoms with E-state index < -0.39 is 6.03 Å². The number of methoxy groups -OCH3 is 2. The summed E-state index contributed by atoms with van der Waals surface area (Å²) >= 11 is 0. The topological polar surface area (TPSA) is 97.8 Å². The fraction of sp³-hybridized carbons (Fsp3) is 0.421. The Morgan fingerprint density at radius 2 is 1.57 bits per heavy atom. The van der Waals surface area contributed by atoms with Crippen LogP contribution in [0.25, 0.3) is 0 Å². The molecule has 0 saturated carbocycles. The second-order valence-corrected chi connectivity index (χ2v) is 6.35. The van der Waals surface area contributed by atoms with Gasteiger partial charge in [-0.2, -0.15) is 0 Å². The number of anilines is 3. The number of ether oxygens (including phenoxy) is 3.